The molecule has 0 spiro atoms. The van der Waals surface area contributed by atoms with E-state index in [-0.39, 0.29) is 6.42 Å². The molecule has 22 heavy (non-hydrogen) atoms. The first-order valence-electron chi connectivity index (χ1n) is 7.47. The van der Waals surface area contributed by atoms with Gasteiger partial charge in [-0.3, -0.25) is 9.69 Å². The van der Waals surface area contributed by atoms with Crippen molar-refractivity contribution in [3.63, 3.8) is 0 Å². The second-order valence-corrected chi connectivity index (χ2v) is 5.93. The molecule has 2 atom stereocenters. The molecule has 1 saturated heterocycles. The van der Waals surface area contributed by atoms with E-state index in [9.17, 15) is 15.0 Å². The molecule has 1 aromatic carbocycles. The van der Waals surface area contributed by atoms with Crippen molar-refractivity contribution in [2.75, 3.05) is 33.8 Å². The van der Waals surface area contributed by atoms with E-state index < -0.39 is 18.1 Å². The second kappa shape index (κ2) is 7.58. The van der Waals surface area contributed by atoms with E-state index >= 15 is 0 Å². The minimum atomic E-state index is -0.887. The molecule has 0 radical (unpaired) electrons. The number of aliphatic hydroxyl groups is 1. The number of aliphatic carboxylic acids is 1. The Morgan fingerprint density at radius 3 is 2.82 bits per heavy atom. The van der Waals surface area contributed by atoms with Crippen molar-refractivity contribution >= 4 is 5.97 Å². The van der Waals surface area contributed by atoms with Crippen LogP contribution in [0.25, 0.3) is 0 Å². The maximum Gasteiger partial charge on any atom is 0.321 e. The smallest absolute Gasteiger partial charge is 0.321 e. The van der Waals surface area contributed by atoms with Gasteiger partial charge in [0.1, 0.15) is 18.4 Å². The van der Waals surface area contributed by atoms with E-state index in [1.54, 1.807) is 4.90 Å². The summed E-state index contributed by atoms with van der Waals surface area (Å²) in [6.07, 6.45) is -0.304. The largest absolute Gasteiger partial charge is 0.492 e. The van der Waals surface area contributed by atoms with Crippen molar-refractivity contribution in [1.29, 1.82) is 0 Å². The molecule has 0 bridgehead atoms. The SMILES string of the molecule is CN(C)CCOc1ccccc1CN1C[C@H](O)C[C@H]1C(=O)O. The highest BCUT2D eigenvalue weighted by atomic mass is 16.5. The van der Waals surface area contributed by atoms with Gasteiger partial charge < -0.3 is 19.8 Å². The minimum absolute atomic E-state index is 0.277. The Morgan fingerprint density at radius 1 is 1.41 bits per heavy atom. The third kappa shape index (κ3) is 4.43. The maximum absolute atomic E-state index is 11.3. The lowest BCUT2D eigenvalue weighted by Crippen LogP contribution is -2.35. The molecule has 1 aromatic rings. The molecule has 0 amide bonds. The number of aliphatic hydroxyl groups excluding tert-OH is 1. The molecule has 6 heteroatoms. The Morgan fingerprint density at radius 2 is 2.14 bits per heavy atom. The van der Waals surface area contributed by atoms with Gasteiger partial charge in [-0.1, -0.05) is 18.2 Å². The standard InChI is InChI=1S/C16H24N2O4/c1-17(2)7-8-22-15-6-4-3-5-12(15)10-18-11-13(19)9-14(18)16(20)21/h3-6,13-14,19H,7-11H2,1-2H3,(H,20,21)/t13-,14+/m1/s1. The molecule has 2 rings (SSSR count). The maximum atomic E-state index is 11.3. The van der Waals surface area contributed by atoms with E-state index in [0.29, 0.717) is 19.7 Å². The molecule has 0 unspecified atom stereocenters. The first kappa shape index (κ1) is 16.7. The van der Waals surface area contributed by atoms with Crippen molar-refractivity contribution < 1.29 is 19.7 Å². The number of carboxylic acids is 1. The second-order valence-electron chi connectivity index (χ2n) is 5.93. The van der Waals surface area contributed by atoms with Gasteiger partial charge in [-0.2, -0.15) is 0 Å². The number of carboxylic acid groups (broad SMARTS) is 1. The summed E-state index contributed by atoms with van der Waals surface area (Å²) < 4.78 is 5.80. The number of hydrogen-bond donors (Lipinski definition) is 2. The van der Waals surface area contributed by atoms with Crippen LogP contribution in [0.4, 0.5) is 0 Å². The molecule has 6 nitrogen and oxygen atoms in total. The summed E-state index contributed by atoms with van der Waals surface area (Å²) in [4.78, 5) is 15.1. The lowest BCUT2D eigenvalue weighted by Gasteiger charge is -2.22. The van der Waals surface area contributed by atoms with Crippen molar-refractivity contribution in [3.8, 4) is 5.75 Å². The minimum Gasteiger partial charge on any atom is -0.492 e. The Kier molecular flexibility index (Phi) is 5.76. The van der Waals surface area contributed by atoms with Gasteiger partial charge in [0.15, 0.2) is 0 Å². The van der Waals surface area contributed by atoms with Crippen LogP contribution in [0.1, 0.15) is 12.0 Å². The fourth-order valence-electron chi connectivity index (χ4n) is 2.64. The number of ether oxygens (including phenoxy) is 1. The van der Waals surface area contributed by atoms with Crippen LogP contribution < -0.4 is 4.74 Å². The van der Waals surface area contributed by atoms with Gasteiger partial charge in [-0.25, -0.2) is 0 Å². The lowest BCUT2D eigenvalue weighted by molar-refractivity contribution is -0.142. The summed E-state index contributed by atoms with van der Waals surface area (Å²) >= 11 is 0. The number of hydrogen-bond acceptors (Lipinski definition) is 5. The summed E-state index contributed by atoms with van der Waals surface area (Å²) in [5.41, 5.74) is 0.946. The van der Waals surface area contributed by atoms with Crippen LogP contribution in [-0.2, 0) is 11.3 Å². The van der Waals surface area contributed by atoms with Crippen LogP contribution in [0, 0.1) is 0 Å². The van der Waals surface area contributed by atoms with Gasteiger partial charge in [0, 0.05) is 31.6 Å². The van der Waals surface area contributed by atoms with Crippen LogP contribution in [0.3, 0.4) is 0 Å². The highest BCUT2D eigenvalue weighted by Gasteiger charge is 2.36. The molecular formula is C16H24N2O4. The fraction of sp³-hybridized carbons (Fsp3) is 0.562. The zero-order valence-corrected chi connectivity index (χ0v) is 13.1. The van der Waals surface area contributed by atoms with E-state index in [0.717, 1.165) is 17.9 Å². The van der Waals surface area contributed by atoms with Gasteiger partial charge in [-0.15, -0.1) is 0 Å². The monoisotopic (exact) mass is 308 g/mol. The molecule has 0 aromatic heterocycles. The van der Waals surface area contributed by atoms with Gasteiger partial charge in [-0.05, 0) is 20.2 Å². The van der Waals surface area contributed by atoms with Gasteiger partial charge in [0.2, 0.25) is 0 Å². The number of benzene rings is 1. The number of likely N-dealkylation sites (tertiary alicyclic amines) is 1. The van der Waals surface area contributed by atoms with Crippen molar-refractivity contribution in [3.05, 3.63) is 29.8 Å². The number of likely N-dealkylation sites (N-methyl/N-ethyl adjacent to an activating group) is 1. The van der Waals surface area contributed by atoms with Crippen LogP contribution >= 0.6 is 0 Å². The molecule has 1 fully saturated rings. The average molecular weight is 308 g/mol. The summed E-state index contributed by atoms with van der Waals surface area (Å²) in [6, 6.07) is 7.02. The Hall–Kier alpha value is -1.63. The number of carbonyl (C=O) groups is 1. The Bertz CT molecular complexity index is 507. The zero-order valence-electron chi connectivity index (χ0n) is 13.1. The summed E-state index contributed by atoms with van der Waals surface area (Å²) in [6.45, 7) is 2.23. The van der Waals surface area contributed by atoms with Gasteiger partial charge >= 0.3 is 5.97 Å². The summed E-state index contributed by atoms with van der Waals surface area (Å²) in [5, 5.41) is 19.0. The predicted octanol–water partition coefficient (Wildman–Crippen LogP) is 0.647. The molecule has 0 aliphatic carbocycles. The summed E-state index contributed by atoms with van der Waals surface area (Å²) in [5.74, 6) is -0.113. The molecular weight excluding hydrogens is 284 g/mol. The highest BCUT2D eigenvalue weighted by Crippen LogP contribution is 2.25. The molecule has 1 aliphatic rings. The van der Waals surface area contributed by atoms with Crippen molar-refractivity contribution in [1.82, 2.24) is 9.80 Å². The third-order valence-electron chi connectivity index (χ3n) is 3.81. The van der Waals surface area contributed by atoms with Crippen LogP contribution in [0.5, 0.6) is 5.75 Å². The van der Waals surface area contributed by atoms with Crippen molar-refractivity contribution in [2.24, 2.45) is 0 Å². The molecule has 0 saturated carbocycles. The van der Waals surface area contributed by atoms with E-state index in [1.807, 2.05) is 43.3 Å². The number of β-amino-alcohol motifs (C(OH)–C–C–N with tert-alkyl or cyclic N) is 1. The normalized spacial score (nSPS) is 22.2. The Labute approximate surface area is 130 Å². The zero-order chi connectivity index (χ0) is 16.1. The number of nitrogens with zero attached hydrogens (tertiary/aromatic N) is 2. The fourth-order valence-corrected chi connectivity index (χ4v) is 2.64. The first-order valence-corrected chi connectivity index (χ1v) is 7.47. The molecule has 122 valence electrons. The lowest BCUT2D eigenvalue weighted by atomic mass is 10.1. The summed E-state index contributed by atoms with van der Waals surface area (Å²) in [7, 11) is 3.97. The van der Waals surface area contributed by atoms with Crippen LogP contribution in [0.2, 0.25) is 0 Å². The van der Waals surface area contributed by atoms with Crippen LogP contribution in [0.15, 0.2) is 24.3 Å². The van der Waals surface area contributed by atoms with E-state index in [4.69, 9.17) is 4.74 Å². The quantitative estimate of drug-likeness (QED) is 0.770. The third-order valence-corrected chi connectivity index (χ3v) is 3.81. The number of rotatable bonds is 7. The van der Waals surface area contributed by atoms with Gasteiger partial charge in [0.05, 0.1) is 6.10 Å². The Balaban J connectivity index is 2.04. The average Bonchev–Trinajstić information content (AvgIpc) is 2.81. The molecule has 1 heterocycles. The highest BCUT2D eigenvalue weighted by molar-refractivity contribution is 5.74. The number of para-hydroxylation sites is 1. The van der Waals surface area contributed by atoms with Crippen molar-refractivity contribution in [2.45, 2.75) is 25.1 Å². The molecule has 1 aliphatic heterocycles. The first-order chi connectivity index (χ1) is 10.5. The van der Waals surface area contributed by atoms with Crippen LogP contribution in [-0.4, -0.2) is 71.9 Å². The molecule has 2 N–H and O–H groups in total. The van der Waals surface area contributed by atoms with E-state index in [1.165, 1.54) is 0 Å². The topological polar surface area (TPSA) is 73.2 Å². The van der Waals surface area contributed by atoms with Gasteiger partial charge in [0.25, 0.3) is 0 Å². The predicted molar refractivity (Wildman–Crippen MR) is 82.9 cm³/mol. The van der Waals surface area contributed by atoms with E-state index in [2.05, 4.69) is 0 Å².